The van der Waals surface area contributed by atoms with Crippen molar-refractivity contribution in [2.24, 2.45) is 0 Å². The van der Waals surface area contributed by atoms with Crippen LogP contribution in [0.3, 0.4) is 0 Å². The number of aromatic nitrogens is 1. The Morgan fingerprint density at radius 3 is 2.71 bits per heavy atom. The highest BCUT2D eigenvalue weighted by Crippen LogP contribution is 2.38. The minimum atomic E-state index is 0.0290. The minimum Gasteiger partial charge on any atom is -0.375 e. The lowest BCUT2D eigenvalue weighted by Gasteiger charge is -2.42. The van der Waals surface area contributed by atoms with E-state index in [-0.39, 0.29) is 5.54 Å². The molecule has 17 heavy (non-hydrogen) atoms. The van der Waals surface area contributed by atoms with Gasteiger partial charge < -0.3 is 10.1 Å². The zero-order valence-corrected chi connectivity index (χ0v) is 11.7. The molecule has 0 saturated carbocycles. The average molecular weight is 254 g/mol. The van der Waals surface area contributed by atoms with Crippen molar-refractivity contribution in [3.8, 4) is 0 Å². The normalized spacial score (nSPS) is 33.8. The van der Waals surface area contributed by atoms with Gasteiger partial charge in [0.05, 0.1) is 17.7 Å². The van der Waals surface area contributed by atoms with E-state index in [1.165, 1.54) is 5.01 Å². The first kappa shape index (κ1) is 13.0. The first-order valence-corrected chi connectivity index (χ1v) is 7.34. The van der Waals surface area contributed by atoms with Gasteiger partial charge in [0, 0.05) is 11.6 Å². The Morgan fingerprint density at radius 2 is 2.18 bits per heavy atom. The van der Waals surface area contributed by atoms with Crippen LogP contribution in [0.15, 0.2) is 11.6 Å². The van der Waals surface area contributed by atoms with Gasteiger partial charge in [-0.15, -0.1) is 11.3 Å². The third-order valence-electron chi connectivity index (χ3n) is 3.29. The first-order chi connectivity index (χ1) is 8.16. The second-order valence-electron chi connectivity index (χ2n) is 5.01. The smallest absolute Gasteiger partial charge is 0.113 e. The molecule has 1 N–H and O–H groups in total. The SMILES string of the molecule is CCCNC1(c2nccs2)CC(C)OC(C)C1. The van der Waals surface area contributed by atoms with Gasteiger partial charge in [0.15, 0.2) is 0 Å². The third kappa shape index (κ3) is 2.87. The Morgan fingerprint density at radius 1 is 1.47 bits per heavy atom. The van der Waals surface area contributed by atoms with Crippen molar-refractivity contribution in [1.82, 2.24) is 10.3 Å². The molecule has 0 bridgehead atoms. The summed E-state index contributed by atoms with van der Waals surface area (Å²) < 4.78 is 5.86. The predicted octanol–water partition coefficient (Wildman–Crippen LogP) is 2.93. The fourth-order valence-corrected chi connectivity index (χ4v) is 3.61. The number of rotatable bonds is 4. The maximum absolute atomic E-state index is 5.86. The predicted molar refractivity (Wildman–Crippen MR) is 71.3 cm³/mol. The van der Waals surface area contributed by atoms with E-state index in [1.807, 2.05) is 6.20 Å². The minimum absolute atomic E-state index is 0.0290. The van der Waals surface area contributed by atoms with Gasteiger partial charge in [0.2, 0.25) is 0 Å². The van der Waals surface area contributed by atoms with Gasteiger partial charge in [0.25, 0.3) is 0 Å². The number of thiazole rings is 1. The van der Waals surface area contributed by atoms with Gasteiger partial charge in [-0.1, -0.05) is 6.92 Å². The molecule has 1 aromatic rings. The summed E-state index contributed by atoms with van der Waals surface area (Å²) in [5, 5.41) is 7.00. The van der Waals surface area contributed by atoms with Crippen LogP contribution in [0.1, 0.15) is 45.0 Å². The Hall–Kier alpha value is -0.450. The monoisotopic (exact) mass is 254 g/mol. The first-order valence-electron chi connectivity index (χ1n) is 6.47. The lowest BCUT2D eigenvalue weighted by molar-refractivity contribution is -0.0712. The maximum Gasteiger partial charge on any atom is 0.113 e. The standard InChI is InChI=1S/C13H22N2OS/c1-4-5-15-13(12-14-6-7-17-12)8-10(2)16-11(3)9-13/h6-7,10-11,15H,4-5,8-9H2,1-3H3. The Labute approximate surface area is 108 Å². The number of ether oxygens (including phenoxy) is 1. The lowest BCUT2D eigenvalue weighted by atomic mass is 9.84. The van der Waals surface area contributed by atoms with Crippen LogP contribution in [0.2, 0.25) is 0 Å². The molecular formula is C13H22N2OS. The van der Waals surface area contributed by atoms with Crippen molar-refractivity contribution in [1.29, 1.82) is 0 Å². The zero-order valence-electron chi connectivity index (χ0n) is 10.9. The molecule has 1 aliphatic heterocycles. The zero-order chi connectivity index (χ0) is 12.3. The molecule has 2 heterocycles. The van der Waals surface area contributed by atoms with Gasteiger partial charge in [0.1, 0.15) is 5.01 Å². The van der Waals surface area contributed by atoms with Crippen molar-refractivity contribution in [3.05, 3.63) is 16.6 Å². The quantitative estimate of drug-likeness (QED) is 0.897. The molecule has 1 fully saturated rings. The summed E-state index contributed by atoms with van der Waals surface area (Å²) >= 11 is 1.75. The highest BCUT2D eigenvalue weighted by atomic mass is 32.1. The van der Waals surface area contributed by atoms with E-state index in [0.29, 0.717) is 12.2 Å². The summed E-state index contributed by atoms with van der Waals surface area (Å²) in [7, 11) is 0. The van der Waals surface area contributed by atoms with Crippen LogP contribution in [-0.4, -0.2) is 23.7 Å². The molecule has 0 radical (unpaired) electrons. The van der Waals surface area contributed by atoms with Gasteiger partial charge in [-0.05, 0) is 39.7 Å². The summed E-state index contributed by atoms with van der Waals surface area (Å²) in [6.45, 7) is 7.56. The van der Waals surface area contributed by atoms with Crippen molar-refractivity contribution >= 4 is 11.3 Å². The van der Waals surface area contributed by atoms with E-state index in [2.05, 4.69) is 36.5 Å². The van der Waals surface area contributed by atoms with E-state index in [9.17, 15) is 0 Å². The van der Waals surface area contributed by atoms with Crippen LogP contribution < -0.4 is 5.32 Å². The molecule has 0 spiro atoms. The summed E-state index contributed by atoms with van der Waals surface area (Å²) in [5.41, 5.74) is 0.0290. The van der Waals surface area contributed by atoms with Gasteiger partial charge in [-0.2, -0.15) is 0 Å². The molecule has 0 aliphatic carbocycles. The lowest BCUT2D eigenvalue weighted by Crippen LogP contribution is -2.51. The van der Waals surface area contributed by atoms with E-state index in [4.69, 9.17) is 4.74 Å². The van der Waals surface area contributed by atoms with Crippen molar-refractivity contribution in [3.63, 3.8) is 0 Å². The summed E-state index contributed by atoms with van der Waals surface area (Å²) in [6.07, 6.45) is 5.69. The molecular weight excluding hydrogens is 232 g/mol. The van der Waals surface area contributed by atoms with E-state index >= 15 is 0 Å². The molecule has 1 saturated heterocycles. The second kappa shape index (κ2) is 5.46. The molecule has 3 nitrogen and oxygen atoms in total. The molecule has 96 valence electrons. The van der Waals surface area contributed by atoms with Gasteiger partial charge >= 0.3 is 0 Å². The van der Waals surface area contributed by atoms with Crippen LogP contribution in [0.4, 0.5) is 0 Å². The van der Waals surface area contributed by atoms with Crippen LogP contribution >= 0.6 is 11.3 Å². The number of nitrogens with zero attached hydrogens (tertiary/aromatic N) is 1. The molecule has 2 atom stereocenters. The van der Waals surface area contributed by atoms with E-state index < -0.39 is 0 Å². The molecule has 0 amide bonds. The fourth-order valence-electron chi connectivity index (χ4n) is 2.78. The van der Waals surface area contributed by atoms with E-state index in [0.717, 1.165) is 25.8 Å². The van der Waals surface area contributed by atoms with Gasteiger partial charge in [-0.3, -0.25) is 0 Å². The van der Waals surface area contributed by atoms with Gasteiger partial charge in [-0.25, -0.2) is 4.98 Å². The Bertz CT molecular complexity index is 329. The molecule has 0 aromatic carbocycles. The number of nitrogens with one attached hydrogen (secondary N) is 1. The fraction of sp³-hybridized carbons (Fsp3) is 0.769. The number of hydrogen-bond donors (Lipinski definition) is 1. The summed E-state index contributed by atoms with van der Waals surface area (Å²) in [4.78, 5) is 4.53. The van der Waals surface area contributed by atoms with E-state index in [1.54, 1.807) is 11.3 Å². The Balaban J connectivity index is 2.23. The van der Waals surface area contributed by atoms with Crippen molar-refractivity contribution in [2.75, 3.05) is 6.54 Å². The van der Waals surface area contributed by atoms with Crippen LogP contribution in [0.25, 0.3) is 0 Å². The molecule has 2 unspecified atom stereocenters. The van der Waals surface area contributed by atoms with Crippen LogP contribution in [-0.2, 0) is 10.3 Å². The van der Waals surface area contributed by atoms with Crippen molar-refractivity contribution < 1.29 is 4.74 Å². The molecule has 1 aromatic heterocycles. The molecule has 2 rings (SSSR count). The topological polar surface area (TPSA) is 34.2 Å². The largest absolute Gasteiger partial charge is 0.375 e. The maximum atomic E-state index is 5.86. The highest BCUT2D eigenvalue weighted by Gasteiger charge is 2.41. The summed E-state index contributed by atoms with van der Waals surface area (Å²) in [5.74, 6) is 0. The van der Waals surface area contributed by atoms with Crippen LogP contribution in [0.5, 0.6) is 0 Å². The highest BCUT2D eigenvalue weighted by molar-refractivity contribution is 7.09. The summed E-state index contributed by atoms with van der Waals surface area (Å²) in [6, 6.07) is 0. The second-order valence-corrected chi connectivity index (χ2v) is 5.91. The number of hydrogen-bond acceptors (Lipinski definition) is 4. The molecule has 4 heteroatoms. The molecule has 1 aliphatic rings. The average Bonchev–Trinajstić information content (AvgIpc) is 2.79. The van der Waals surface area contributed by atoms with Crippen molar-refractivity contribution in [2.45, 2.75) is 57.8 Å². The third-order valence-corrected chi connectivity index (χ3v) is 4.27. The van der Waals surface area contributed by atoms with Crippen LogP contribution in [0, 0.1) is 0 Å². The Kier molecular flexibility index (Phi) is 4.17.